The maximum atomic E-state index is 12.9. The van der Waals surface area contributed by atoms with Gasteiger partial charge in [0.2, 0.25) is 0 Å². The standard InChI is InChI=1S/C21H18ClNO2/c1-14-12-19(20(25-2)13-18(14)22)23-21(24)17-11-7-6-10-16(17)15-8-4-3-5-9-15/h3-13H,1-2H3,(H,23,24). The summed E-state index contributed by atoms with van der Waals surface area (Å²) >= 11 is 6.13. The van der Waals surface area contributed by atoms with Crippen LogP contribution in [0.1, 0.15) is 15.9 Å². The third-order valence-electron chi connectivity index (χ3n) is 3.99. The van der Waals surface area contributed by atoms with E-state index in [1.807, 2.05) is 67.6 Å². The summed E-state index contributed by atoms with van der Waals surface area (Å²) in [7, 11) is 1.55. The van der Waals surface area contributed by atoms with Crippen LogP contribution in [0.25, 0.3) is 11.1 Å². The lowest BCUT2D eigenvalue weighted by molar-refractivity contribution is 0.102. The average molecular weight is 352 g/mol. The second-order valence-corrected chi connectivity index (χ2v) is 6.07. The molecule has 1 N–H and O–H groups in total. The maximum absolute atomic E-state index is 12.9. The van der Waals surface area contributed by atoms with Crippen molar-refractivity contribution in [1.82, 2.24) is 0 Å². The smallest absolute Gasteiger partial charge is 0.256 e. The van der Waals surface area contributed by atoms with E-state index >= 15 is 0 Å². The molecule has 0 saturated heterocycles. The minimum atomic E-state index is -0.195. The second kappa shape index (κ2) is 7.41. The lowest BCUT2D eigenvalue weighted by atomic mass is 9.99. The number of aryl methyl sites for hydroxylation is 1. The van der Waals surface area contributed by atoms with Crippen LogP contribution in [-0.2, 0) is 0 Å². The fraction of sp³-hybridized carbons (Fsp3) is 0.0952. The number of carbonyl (C=O) groups is 1. The Hall–Kier alpha value is -2.78. The van der Waals surface area contributed by atoms with Gasteiger partial charge in [-0.05, 0) is 35.7 Å². The number of carbonyl (C=O) groups excluding carboxylic acids is 1. The summed E-state index contributed by atoms with van der Waals surface area (Å²) in [5, 5.41) is 3.53. The summed E-state index contributed by atoms with van der Waals surface area (Å²) in [5.74, 6) is 0.334. The Labute approximate surface area is 152 Å². The number of benzene rings is 3. The number of nitrogens with one attached hydrogen (secondary N) is 1. The van der Waals surface area contributed by atoms with E-state index in [1.165, 1.54) is 0 Å². The Morgan fingerprint density at radius 3 is 2.40 bits per heavy atom. The Morgan fingerprint density at radius 2 is 1.68 bits per heavy atom. The van der Waals surface area contributed by atoms with E-state index in [0.717, 1.165) is 16.7 Å². The van der Waals surface area contributed by atoms with Gasteiger partial charge in [0.05, 0.1) is 12.8 Å². The molecular weight excluding hydrogens is 334 g/mol. The number of hydrogen-bond donors (Lipinski definition) is 1. The van der Waals surface area contributed by atoms with Crippen LogP contribution in [0, 0.1) is 6.92 Å². The van der Waals surface area contributed by atoms with E-state index in [0.29, 0.717) is 22.0 Å². The molecule has 25 heavy (non-hydrogen) atoms. The zero-order valence-electron chi connectivity index (χ0n) is 14.0. The largest absolute Gasteiger partial charge is 0.495 e. The molecule has 0 atom stereocenters. The van der Waals surface area contributed by atoms with E-state index in [2.05, 4.69) is 5.32 Å². The molecule has 3 rings (SSSR count). The summed E-state index contributed by atoms with van der Waals surface area (Å²) < 4.78 is 5.33. The monoisotopic (exact) mass is 351 g/mol. The zero-order chi connectivity index (χ0) is 17.8. The van der Waals surface area contributed by atoms with Crippen molar-refractivity contribution >= 4 is 23.2 Å². The average Bonchev–Trinajstić information content (AvgIpc) is 2.65. The highest BCUT2D eigenvalue weighted by Crippen LogP contribution is 2.32. The molecule has 126 valence electrons. The van der Waals surface area contributed by atoms with Crippen LogP contribution < -0.4 is 10.1 Å². The summed E-state index contributed by atoms with van der Waals surface area (Å²) in [6.45, 7) is 1.88. The Bertz CT molecular complexity index is 907. The molecule has 3 nitrogen and oxygen atoms in total. The van der Waals surface area contributed by atoms with Gasteiger partial charge in [0.25, 0.3) is 5.91 Å². The molecule has 3 aromatic rings. The predicted octanol–water partition coefficient (Wildman–Crippen LogP) is 5.58. The quantitative estimate of drug-likeness (QED) is 0.666. The van der Waals surface area contributed by atoms with Gasteiger partial charge < -0.3 is 10.1 Å². The highest BCUT2D eigenvalue weighted by atomic mass is 35.5. The number of ether oxygens (including phenoxy) is 1. The fourth-order valence-corrected chi connectivity index (χ4v) is 2.82. The van der Waals surface area contributed by atoms with Crippen molar-refractivity contribution in [3.63, 3.8) is 0 Å². The van der Waals surface area contributed by atoms with Crippen molar-refractivity contribution in [2.24, 2.45) is 0 Å². The van der Waals surface area contributed by atoms with Gasteiger partial charge in [0, 0.05) is 16.7 Å². The Balaban J connectivity index is 1.97. The lowest BCUT2D eigenvalue weighted by Crippen LogP contribution is -2.14. The summed E-state index contributed by atoms with van der Waals surface area (Å²) in [5.41, 5.74) is 3.94. The molecule has 0 aliphatic rings. The first kappa shape index (κ1) is 17.1. The van der Waals surface area contributed by atoms with E-state index in [-0.39, 0.29) is 5.91 Å². The first-order valence-electron chi connectivity index (χ1n) is 7.90. The lowest BCUT2D eigenvalue weighted by Gasteiger charge is -2.14. The van der Waals surface area contributed by atoms with Gasteiger partial charge in [-0.2, -0.15) is 0 Å². The molecule has 0 saturated carbocycles. The Morgan fingerprint density at radius 1 is 1.00 bits per heavy atom. The third kappa shape index (κ3) is 3.67. The molecule has 0 aromatic heterocycles. The number of halogens is 1. The van der Waals surface area contributed by atoms with Gasteiger partial charge in [-0.25, -0.2) is 0 Å². The minimum absolute atomic E-state index is 0.195. The molecular formula is C21H18ClNO2. The van der Waals surface area contributed by atoms with Crippen LogP contribution in [0.5, 0.6) is 5.75 Å². The number of methoxy groups -OCH3 is 1. The molecule has 0 radical (unpaired) electrons. The Kier molecular flexibility index (Phi) is 5.05. The third-order valence-corrected chi connectivity index (χ3v) is 4.39. The van der Waals surface area contributed by atoms with Crippen molar-refractivity contribution < 1.29 is 9.53 Å². The van der Waals surface area contributed by atoms with Crippen molar-refractivity contribution in [2.45, 2.75) is 6.92 Å². The summed E-state index contributed by atoms with van der Waals surface area (Å²) in [4.78, 5) is 12.9. The normalized spacial score (nSPS) is 10.4. The van der Waals surface area contributed by atoms with Gasteiger partial charge >= 0.3 is 0 Å². The molecule has 0 unspecified atom stereocenters. The van der Waals surface area contributed by atoms with Gasteiger partial charge in [-0.15, -0.1) is 0 Å². The van der Waals surface area contributed by atoms with Gasteiger partial charge in [-0.1, -0.05) is 60.1 Å². The number of hydrogen-bond acceptors (Lipinski definition) is 2. The van der Waals surface area contributed by atoms with E-state index in [4.69, 9.17) is 16.3 Å². The maximum Gasteiger partial charge on any atom is 0.256 e. The van der Waals surface area contributed by atoms with E-state index in [9.17, 15) is 4.79 Å². The number of anilines is 1. The molecule has 0 fully saturated rings. The van der Waals surface area contributed by atoms with Crippen LogP contribution in [0.2, 0.25) is 5.02 Å². The molecule has 1 amide bonds. The van der Waals surface area contributed by atoms with Crippen LogP contribution in [0.15, 0.2) is 66.7 Å². The topological polar surface area (TPSA) is 38.3 Å². The molecule has 0 heterocycles. The van der Waals surface area contributed by atoms with Crippen LogP contribution in [0.3, 0.4) is 0 Å². The first-order valence-corrected chi connectivity index (χ1v) is 8.28. The molecule has 4 heteroatoms. The summed E-state index contributed by atoms with van der Waals surface area (Å²) in [6, 6.07) is 20.9. The van der Waals surface area contributed by atoms with E-state index in [1.54, 1.807) is 13.2 Å². The van der Waals surface area contributed by atoms with Gasteiger partial charge in [-0.3, -0.25) is 4.79 Å². The highest BCUT2D eigenvalue weighted by Gasteiger charge is 2.15. The van der Waals surface area contributed by atoms with Crippen molar-refractivity contribution in [1.29, 1.82) is 0 Å². The van der Waals surface area contributed by atoms with Gasteiger partial charge in [0.1, 0.15) is 5.75 Å². The number of amides is 1. The fourth-order valence-electron chi connectivity index (χ4n) is 2.67. The van der Waals surface area contributed by atoms with Crippen LogP contribution in [0.4, 0.5) is 5.69 Å². The van der Waals surface area contributed by atoms with Crippen molar-refractivity contribution in [3.05, 3.63) is 82.9 Å². The predicted molar refractivity (Wildman–Crippen MR) is 103 cm³/mol. The number of rotatable bonds is 4. The SMILES string of the molecule is COc1cc(Cl)c(C)cc1NC(=O)c1ccccc1-c1ccccc1. The zero-order valence-corrected chi connectivity index (χ0v) is 14.8. The molecule has 0 aliphatic carbocycles. The second-order valence-electron chi connectivity index (χ2n) is 5.67. The first-order chi connectivity index (χ1) is 12.1. The summed E-state index contributed by atoms with van der Waals surface area (Å²) in [6.07, 6.45) is 0. The highest BCUT2D eigenvalue weighted by molar-refractivity contribution is 6.31. The van der Waals surface area contributed by atoms with Crippen molar-refractivity contribution in [2.75, 3.05) is 12.4 Å². The molecule has 0 bridgehead atoms. The van der Waals surface area contributed by atoms with Crippen LogP contribution >= 0.6 is 11.6 Å². The van der Waals surface area contributed by atoms with Gasteiger partial charge in [0.15, 0.2) is 0 Å². The van der Waals surface area contributed by atoms with E-state index < -0.39 is 0 Å². The van der Waals surface area contributed by atoms with Crippen molar-refractivity contribution in [3.8, 4) is 16.9 Å². The van der Waals surface area contributed by atoms with Crippen LogP contribution in [-0.4, -0.2) is 13.0 Å². The molecule has 3 aromatic carbocycles. The molecule has 0 aliphatic heterocycles. The minimum Gasteiger partial charge on any atom is -0.495 e. The molecule has 0 spiro atoms.